The van der Waals surface area contributed by atoms with E-state index >= 15 is 0 Å². The summed E-state index contributed by atoms with van der Waals surface area (Å²) in [4.78, 5) is 23.1. The average Bonchev–Trinajstić information content (AvgIpc) is 3.35. The topological polar surface area (TPSA) is 94.2 Å². The lowest BCUT2D eigenvalue weighted by Crippen LogP contribution is -2.59. The summed E-state index contributed by atoms with van der Waals surface area (Å²) in [5.41, 5.74) is 3.29. The third-order valence-electron chi connectivity index (χ3n) is 9.41. The van der Waals surface area contributed by atoms with Crippen LogP contribution < -0.4 is 11.0 Å². The summed E-state index contributed by atoms with van der Waals surface area (Å²) in [7, 11) is 1.82. The minimum Gasteiger partial charge on any atom is -0.396 e. The van der Waals surface area contributed by atoms with E-state index in [4.69, 9.17) is 9.72 Å². The maximum atomic E-state index is 13.6. The number of aryl methyl sites for hydroxylation is 1. The zero-order chi connectivity index (χ0) is 23.2. The van der Waals surface area contributed by atoms with Crippen molar-refractivity contribution in [2.75, 3.05) is 18.5 Å². The van der Waals surface area contributed by atoms with Crippen LogP contribution in [0.5, 0.6) is 0 Å². The second-order valence-corrected chi connectivity index (χ2v) is 11.8. The normalized spacial score (nSPS) is 38.2. The molecule has 1 aliphatic heterocycles. The Hall–Kier alpha value is -2.45. The molecule has 5 aliphatic carbocycles. The van der Waals surface area contributed by atoms with Crippen molar-refractivity contribution >= 4 is 17.1 Å². The number of anilines is 1. The van der Waals surface area contributed by atoms with Gasteiger partial charge in [0.25, 0.3) is 0 Å². The number of rotatable bonds is 4. The number of fused-ring (bicyclic) bond motifs is 2. The molecule has 2 aromatic rings. The number of hydrogen-bond donors (Lipinski definition) is 2. The van der Waals surface area contributed by atoms with Crippen LogP contribution in [-0.2, 0) is 17.3 Å². The molecule has 8 heteroatoms. The van der Waals surface area contributed by atoms with Gasteiger partial charge in [-0.15, -0.1) is 0 Å². The summed E-state index contributed by atoms with van der Waals surface area (Å²) in [6.45, 7) is 3.09. The van der Waals surface area contributed by atoms with Crippen molar-refractivity contribution in [3.05, 3.63) is 40.1 Å². The Morgan fingerprint density at radius 1 is 1.24 bits per heavy atom. The molecule has 4 saturated carbocycles. The van der Waals surface area contributed by atoms with Gasteiger partial charge in [-0.25, -0.2) is 9.78 Å². The number of allylic oxidation sites excluding steroid dienone is 1. The lowest BCUT2D eigenvalue weighted by Gasteiger charge is -2.61. The average molecular weight is 464 g/mol. The van der Waals surface area contributed by atoms with Crippen LogP contribution in [0.4, 0.5) is 5.95 Å². The van der Waals surface area contributed by atoms with E-state index in [0.717, 1.165) is 61.9 Å². The van der Waals surface area contributed by atoms with E-state index in [1.165, 1.54) is 6.42 Å². The van der Waals surface area contributed by atoms with E-state index in [-0.39, 0.29) is 29.4 Å². The van der Waals surface area contributed by atoms with Crippen molar-refractivity contribution in [2.45, 2.75) is 63.5 Å². The molecule has 4 atom stereocenters. The van der Waals surface area contributed by atoms with Crippen molar-refractivity contribution in [1.29, 1.82) is 0 Å². The van der Waals surface area contributed by atoms with Crippen LogP contribution in [0.25, 0.3) is 11.2 Å². The van der Waals surface area contributed by atoms with Crippen LogP contribution in [0.2, 0.25) is 0 Å². The molecule has 0 aromatic carbocycles. The number of nitrogens with one attached hydrogen (secondary N) is 1. The summed E-state index contributed by atoms with van der Waals surface area (Å²) < 4.78 is 9.48. The van der Waals surface area contributed by atoms with Crippen molar-refractivity contribution in [2.24, 2.45) is 30.2 Å². The van der Waals surface area contributed by atoms with Gasteiger partial charge in [0, 0.05) is 31.9 Å². The van der Waals surface area contributed by atoms with Gasteiger partial charge in [0.15, 0.2) is 5.65 Å². The zero-order valence-electron chi connectivity index (χ0n) is 20.0. The summed E-state index contributed by atoms with van der Waals surface area (Å²) in [5.74, 6) is 2.06. The maximum Gasteiger partial charge on any atom is 0.330 e. The third-order valence-corrected chi connectivity index (χ3v) is 9.41. The fourth-order valence-corrected chi connectivity index (χ4v) is 8.37. The van der Waals surface area contributed by atoms with Gasteiger partial charge in [-0.1, -0.05) is 12.2 Å². The number of nitrogens with zero attached hydrogens (tertiary/aromatic N) is 4. The molecule has 4 bridgehead atoms. The summed E-state index contributed by atoms with van der Waals surface area (Å²) in [6.07, 6.45) is 13.7. The third kappa shape index (κ3) is 2.87. The first-order valence-electron chi connectivity index (χ1n) is 12.7. The molecule has 4 unspecified atom stereocenters. The standard InChI is InChI=1S/C26H33N5O3/c1-15-5-21-18(3-4-34-21)7-19(15)28-23-27-12-20-22(29-23)31(24(33)30(20)2)26-10-16-6-17(11-26)9-25(8-16,13-26)14-32/h5,7,12,16-18,21,32H,3-4,6,8-11,13-14H2,1-2H3,(H,27,28,29). The molecule has 2 N–H and O–H groups in total. The van der Waals surface area contributed by atoms with Crippen molar-refractivity contribution in [3.63, 3.8) is 0 Å². The Bertz CT molecular complexity index is 1290. The van der Waals surface area contributed by atoms with Gasteiger partial charge in [0.05, 0.1) is 17.8 Å². The van der Waals surface area contributed by atoms with Crippen LogP contribution in [0.3, 0.4) is 0 Å². The highest BCUT2D eigenvalue weighted by Crippen LogP contribution is 2.64. The molecule has 34 heavy (non-hydrogen) atoms. The molecule has 3 heterocycles. The summed E-state index contributed by atoms with van der Waals surface area (Å²) in [5, 5.41) is 13.8. The molecule has 1 saturated heterocycles. The molecule has 5 fully saturated rings. The first kappa shape index (κ1) is 20.9. The smallest absolute Gasteiger partial charge is 0.330 e. The molecule has 0 spiro atoms. The fraction of sp³-hybridized carbons (Fsp3) is 0.654. The number of aliphatic hydroxyl groups excluding tert-OH is 1. The van der Waals surface area contributed by atoms with Crippen LogP contribution in [0, 0.1) is 23.2 Å². The minimum absolute atomic E-state index is 0.0182. The molecule has 0 radical (unpaired) electrons. The lowest BCUT2D eigenvalue weighted by molar-refractivity contribution is -0.121. The van der Waals surface area contributed by atoms with Crippen LogP contribution in [0.1, 0.15) is 51.9 Å². The van der Waals surface area contributed by atoms with Crippen LogP contribution in [0.15, 0.2) is 34.4 Å². The molecule has 2 aromatic heterocycles. The Kier molecular flexibility index (Phi) is 4.33. The van der Waals surface area contributed by atoms with Gasteiger partial charge in [-0.05, 0) is 74.7 Å². The van der Waals surface area contributed by atoms with Gasteiger partial charge in [-0.3, -0.25) is 9.13 Å². The molecule has 180 valence electrons. The molecule has 8 rings (SSSR count). The first-order valence-corrected chi connectivity index (χ1v) is 12.7. The zero-order valence-corrected chi connectivity index (χ0v) is 20.0. The van der Waals surface area contributed by atoms with E-state index < -0.39 is 0 Å². The van der Waals surface area contributed by atoms with E-state index in [1.807, 2.05) is 11.6 Å². The van der Waals surface area contributed by atoms with Crippen LogP contribution >= 0.6 is 0 Å². The number of ether oxygens (including phenoxy) is 1. The lowest BCUT2D eigenvalue weighted by atomic mass is 9.47. The molecule has 8 nitrogen and oxygen atoms in total. The Labute approximate surface area is 198 Å². The Balaban J connectivity index is 1.31. The number of aliphatic hydroxyl groups is 1. The molecule has 0 amide bonds. The van der Waals surface area contributed by atoms with Gasteiger partial charge in [0.2, 0.25) is 5.95 Å². The molecule has 6 aliphatic rings. The van der Waals surface area contributed by atoms with Gasteiger partial charge >= 0.3 is 5.69 Å². The van der Waals surface area contributed by atoms with E-state index in [0.29, 0.717) is 29.3 Å². The second-order valence-electron chi connectivity index (χ2n) is 11.8. The minimum atomic E-state index is -0.261. The van der Waals surface area contributed by atoms with Crippen molar-refractivity contribution < 1.29 is 9.84 Å². The summed E-state index contributed by atoms with van der Waals surface area (Å²) >= 11 is 0. The van der Waals surface area contributed by atoms with E-state index in [2.05, 4.69) is 29.4 Å². The van der Waals surface area contributed by atoms with Gasteiger partial charge in [0.1, 0.15) is 5.52 Å². The molecular formula is C26H33N5O3. The SMILES string of the molecule is CC1=CC2OCCC2C=C1Nc1ncc2c(n1)n(C13CC4CC(CC(CO)(C4)C1)C3)c(=O)n2C. The Morgan fingerprint density at radius 3 is 2.79 bits per heavy atom. The number of imidazole rings is 1. The first-order chi connectivity index (χ1) is 16.4. The predicted molar refractivity (Wildman–Crippen MR) is 128 cm³/mol. The van der Waals surface area contributed by atoms with Crippen LogP contribution in [-0.4, -0.2) is 43.5 Å². The monoisotopic (exact) mass is 463 g/mol. The van der Waals surface area contributed by atoms with Gasteiger partial charge in [-0.2, -0.15) is 4.98 Å². The summed E-state index contributed by atoms with van der Waals surface area (Å²) in [6, 6.07) is 0. The Morgan fingerprint density at radius 2 is 2.03 bits per heavy atom. The molecular weight excluding hydrogens is 430 g/mol. The quantitative estimate of drug-likeness (QED) is 0.724. The van der Waals surface area contributed by atoms with E-state index in [9.17, 15) is 9.90 Å². The highest BCUT2D eigenvalue weighted by atomic mass is 16.5. The highest BCUT2D eigenvalue weighted by molar-refractivity contribution is 5.73. The van der Waals surface area contributed by atoms with Crippen molar-refractivity contribution in [1.82, 2.24) is 19.1 Å². The predicted octanol–water partition coefficient (Wildman–Crippen LogP) is 3.08. The maximum absolute atomic E-state index is 13.6. The number of hydrogen-bond acceptors (Lipinski definition) is 6. The fourth-order valence-electron chi connectivity index (χ4n) is 8.37. The highest BCUT2D eigenvalue weighted by Gasteiger charge is 2.59. The largest absolute Gasteiger partial charge is 0.396 e. The van der Waals surface area contributed by atoms with Gasteiger partial charge < -0.3 is 15.2 Å². The van der Waals surface area contributed by atoms with E-state index in [1.54, 1.807) is 10.8 Å². The second kappa shape index (κ2) is 7.04. The number of aromatic nitrogens is 4. The van der Waals surface area contributed by atoms with Crippen molar-refractivity contribution in [3.8, 4) is 0 Å².